The van der Waals surface area contributed by atoms with Crippen LogP contribution in [0.4, 0.5) is 0 Å². The van der Waals surface area contributed by atoms with E-state index in [1.807, 2.05) is 25.1 Å². The molecule has 0 saturated carbocycles. The highest BCUT2D eigenvalue weighted by Crippen LogP contribution is 2.22. The van der Waals surface area contributed by atoms with Gasteiger partial charge in [-0.15, -0.1) is 0 Å². The van der Waals surface area contributed by atoms with Gasteiger partial charge in [0.15, 0.2) is 0 Å². The number of nitrogens with zero attached hydrogens (tertiary/aromatic N) is 1. The van der Waals surface area contributed by atoms with Crippen molar-refractivity contribution in [3.8, 4) is 0 Å². The maximum absolute atomic E-state index is 5.18. The molecule has 66 valence electrons. The largest absolute Gasteiger partial charge is 0.360 e. The first-order valence-electron chi connectivity index (χ1n) is 4.14. The Kier molecular flexibility index (Phi) is 2.36. The van der Waals surface area contributed by atoms with Crippen LogP contribution >= 0.6 is 0 Å². The van der Waals surface area contributed by atoms with E-state index in [9.17, 15) is 0 Å². The Hall–Kier alpha value is -1.05. The zero-order valence-electron chi connectivity index (χ0n) is 8.09. The Balaban J connectivity index is 2.92. The van der Waals surface area contributed by atoms with E-state index in [0.717, 1.165) is 11.5 Å². The SMILES string of the molecule is C/C=C\c1cc(C(C)(C)C)on1. The molecule has 0 aliphatic rings. The summed E-state index contributed by atoms with van der Waals surface area (Å²) in [7, 11) is 0. The van der Waals surface area contributed by atoms with Crippen LogP contribution in [0.5, 0.6) is 0 Å². The molecule has 0 saturated heterocycles. The monoisotopic (exact) mass is 165 g/mol. The Labute approximate surface area is 73.3 Å². The van der Waals surface area contributed by atoms with Crippen LogP contribution in [0.2, 0.25) is 0 Å². The molecular weight excluding hydrogens is 150 g/mol. The molecule has 12 heavy (non-hydrogen) atoms. The molecule has 0 aromatic carbocycles. The second-order valence-electron chi connectivity index (χ2n) is 3.87. The van der Waals surface area contributed by atoms with Gasteiger partial charge < -0.3 is 4.52 Å². The van der Waals surface area contributed by atoms with Gasteiger partial charge in [0.2, 0.25) is 0 Å². The fourth-order valence-corrected chi connectivity index (χ4v) is 0.892. The first-order valence-corrected chi connectivity index (χ1v) is 4.14. The summed E-state index contributed by atoms with van der Waals surface area (Å²) < 4.78 is 5.18. The molecule has 0 radical (unpaired) electrons. The van der Waals surface area contributed by atoms with Crippen molar-refractivity contribution in [2.24, 2.45) is 0 Å². The summed E-state index contributed by atoms with van der Waals surface area (Å²) in [5.41, 5.74) is 0.940. The molecular formula is C10H15NO. The quantitative estimate of drug-likeness (QED) is 0.639. The second-order valence-corrected chi connectivity index (χ2v) is 3.87. The first kappa shape index (κ1) is 9.04. The molecule has 0 fully saturated rings. The molecule has 0 amide bonds. The van der Waals surface area contributed by atoms with Crippen LogP contribution in [-0.4, -0.2) is 5.16 Å². The highest BCUT2D eigenvalue weighted by Gasteiger charge is 2.18. The summed E-state index contributed by atoms with van der Waals surface area (Å²) in [5, 5.41) is 3.91. The van der Waals surface area contributed by atoms with E-state index >= 15 is 0 Å². The summed E-state index contributed by atoms with van der Waals surface area (Å²) >= 11 is 0. The molecule has 0 spiro atoms. The summed E-state index contributed by atoms with van der Waals surface area (Å²) in [6.07, 6.45) is 3.88. The smallest absolute Gasteiger partial charge is 0.142 e. The van der Waals surface area contributed by atoms with Gasteiger partial charge in [0.1, 0.15) is 11.5 Å². The van der Waals surface area contributed by atoms with Gasteiger partial charge in [0, 0.05) is 11.5 Å². The third-order valence-electron chi connectivity index (χ3n) is 1.61. The Bertz CT molecular complexity index is 278. The van der Waals surface area contributed by atoms with Gasteiger partial charge in [-0.25, -0.2) is 0 Å². The van der Waals surface area contributed by atoms with E-state index in [0.29, 0.717) is 0 Å². The molecule has 0 atom stereocenters. The van der Waals surface area contributed by atoms with E-state index in [4.69, 9.17) is 4.52 Å². The van der Waals surface area contributed by atoms with E-state index in [1.54, 1.807) is 0 Å². The minimum absolute atomic E-state index is 0.0484. The van der Waals surface area contributed by atoms with Crippen molar-refractivity contribution >= 4 is 6.08 Å². The maximum Gasteiger partial charge on any atom is 0.142 e. The van der Waals surface area contributed by atoms with Crippen molar-refractivity contribution in [2.75, 3.05) is 0 Å². The topological polar surface area (TPSA) is 26.0 Å². The second kappa shape index (κ2) is 3.13. The molecule has 1 heterocycles. The summed E-state index contributed by atoms with van der Waals surface area (Å²) in [6.45, 7) is 8.28. The van der Waals surface area contributed by atoms with Crippen LogP contribution in [0.3, 0.4) is 0 Å². The zero-order chi connectivity index (χ0) is 9.19. The molecule has 1 rings (SSSR count). The normalized spacial score (nSPS) is 12.7. The highest BCUT2D eigenvalue weighted by molar-refractivity contribution is 5.43. The van der Waals surface area contributed by atoms with Gasteiger partial charge in [-0.05, 0) is 13.0 Å². The van der Waals surface area contributed by atoms with Gasteiger partial charge in [0.25, 0.3) is 0 Å². The summed E-state index contributed by atoms with van der Waals surface area (Å²) in [6, 6.07) is 1.97. The molecule has 2 heteroatoms. The van der Waals surface area contributed by atoms with E-state index in [2.05, 4.69) is 25.9 Å². The van der Waals surface area contributed by atoms with Gasteiger partial charge in [-0.1, -0.05) is 32.0 Å². The fraction of sp³-hybridized carbons (Fsp3) is 0.500. The standard InChI is InChI=1S/C10H15NO/c1-5-6-8-7-9(12-11-8)10(2,3)4/h5-7H,1-4H3/b6-5-. The van der Waals surface area contributed by atoms with E-state index in [1.165, 1.54) is 0 Å². The third kappa shape index (κ3) is 1.97. The van der Waals surface area contributed by atoms with Crippen molar-refractivity contribution < 1.29 is 4.52 Å². The van der Waals surface area contributed by atoms with Crippen LogP contribution in [0.15, 0.2) is 16.7 Å². The molecule has 1 aromatic heterocycles. The van der Waals surface area contributed by atoms with Gasteiger partial charge in [-0.2, -0.15) is 0 Å². The number of hydrogen-bond donors (Lipinski definition) is 0. The van der Waals surface area contributed by atoms with Crippen LogP contribution < -0.4 is 0 Å². The molecule has 0 aliphatic carbocycles. The Morgan fingerprint density at radius 1 is 1.42 bits per heavy atom. The van der Waals surface area contributed by atoms with Crippen LogP contribution in [0, 0.1) is 0 Å². The van der Waals surface area contributed by atoms with Crippen molar-refractivity contribution in [1.82, 2.24) is 5.16 Å². The van der Waals surface area contributed by atoms with Crippen molar-refractivity contribution in [3.63, 3.8) is 0 Å². The van der Waals surface area contributed by atoms with E-state index in [-0.39, 0.29) is 5.41 Å². The maximum atomic E-state index is 5.18. The van der Waals surface area contributed by atoms with E-state index < -0.39 is 0 Å². The average molecular weight is 165 g/mol. The number of allylic oxidation sites excluding steroid dienone is 1. The predicted molar refractivity (Wildman–Crippen MR) is 49.9 cm³/mol. The van der Waals surface area contributed by atoms with Crippen LogP contribution in [0.1, 0.15) is 39.1 Å². The predicted octanol–water partition coefficient (Wildman–Crippen LogP) is 3.01. The van der Waals surface area contributed by atoms with Crippen molar-refractivity contribution in [1.29, 1.82) is 0 Å². The van der Waals surface area contributed by atoms with Crippen molar-refractivity contribution in [3.05, 3.63) is 23.6 Å². The number of hydrogen-bond acceptors (Lipinski definition) is 2. The van der Waals surface area contributed by atoms with Gasteiger partial charge in [0.05, 0.1) is 0 Å². The number of aromatic nitrogens is 1. The Morgan fingerprint density at radius 2 is 2.08 bits per heavy atom. The van der Waals surface area contributed by atoms with Crippen molar-refractivity contribution in [2.45, 2.75) is 33.1 Å². The lowest BCUT2D eigenvalue weighted by molar-refractivity contribution is 0.328. The van der Waals surface area contributed by atoms with Gasteiger partial charge >= 0.3 is 0 Å². The zero-order valence-corrected chi connectivity index (χ0v) is 8.09. The number of rotatable bonds is 1. The highest BCUT2D eigenvalue weighted by atomic mass is 16.5. The van der Waals surface area contributed by atoms with Crippen LogP contribution in [-0.2, 0) is 5.41 Å². The summed E-state index contributed by atoms with van der Waals surface area (Å²) in [5.74, 6) is 0.926. The summed E-state index contributed by atoms with van der Waals surface area (Å²) in [4.78, 5) is 0. The van der Waals surface area contributed by atoms with Gasteiger partial charge in [-0.3, -0.25) is 0 Å². The molecule has 2 nitrogen and oxygen atoms in total. The molecule has 0 bridgehead atoms. The third-order valence-corrected chi connectivity index (χ3v) is 1.61. The molecule has 0 aliphatic heterocycles. The lowest BCUT2D eigenvalue weighted by atomic mass is 9.93. The molecule has 0 unspecified atom stereocenters. The minimum atomic E-state index is 0.0484. The molecule has 1 aromatic rings. The lowest BCUT2D eigenvalue weighted by Gasteiger charge is -2.11. The minimum Gasteiger partial charge on any atom is -0.360 e. The van der Waals surface area contributed by atoms with Crippen LogP contribution in [0.25, 0.3) is 6.08 Å². The first-order chi connectivity index (χ1) is 5.54. The molecule has 0 N–H and O–H groups in total. The fourth-order valence-electron chi connectivity index (χ4n) is 0.892. The average Bonchev–Trinajstić information content (AvgIpc) is 2.35. The Morgan fingerprint density at radius 3 is 2.50 bits per heavy atom. The lowest BCUT2D eigenvalue weighted by Crippen LogP contribution is -2.09.